The minimum absolute atomic E-state index is 0.0365. The van der Waals surface area contributed by atoms with E-state index in [0.717, 1.165) is 12.8 Å². The zero-order valence-corrected chi connectivity index (χ0v) is 16.6. The third kappa shape index (κ3) is 6.24. The number of hydrogen-bond donors (Lipinski definition) is 3. The number of methoxy groups -OCH3 is 1. The quantitative estimate of drug-likeness (QED) is 0.376. The SMILES string of the molecule is CCCCOc1cccc(C(=O)NC(=S)NNC(=O)c2ccccc2OC)c1. The van der Waals surface area contributed by atoms with Gasteiger partial charge in [-0.15, -0.1) is 0 Å². The molecule has 2 rings (SSSR count). The van der Waals surface area contributed by atoms with E-state index in [1.54, 1.807) is 48.5 Å². The molecule has 0 unspecified atom stereocenters. The molecule has 7 nitrogen and oxygen atoms in total. The highest BCUT2D eigenvalue weighted by Gasteiger charge is 2.13. The Hall–Kier alpha value is -3.13. The van der Waals surface area contributed by atoms with E-state index in [4.69, 9.17) is 21.7 Å². The minimum Gasteiger partial charge on any atom is -0.496 e. The second-order valence-corrected chi connectivity index (χ2v) is 6.20. The van der Waals surface area contributed by atoms with Crippen LogP contribution in [0.1, 0.15) is 40.5 Å². The number of benzene rings is 2. The van der Waals surface area contributed by atoms with Crippen LogP contribution < -0.4 is 25.6 Å². The summed E-state index contributed by atoms with van der Waals surface area (Å²) in [6, 6.07) is 13.6. The number of hydrogen-bond acceptors (Lipinski definition) is 5. The van der Waals surface area contributed by atoms with Crippen LogP contribution in [0.3, 0.4) is 0 Å². The molecule has 2 aromatic carbocycles. The van der Waals surface area contributed by atoms with Crippen LogP contribution in [0.4, 0.5) is 0 Å². The van der Waals surface area contributed by atoms with E-state index in [2.05, 4.69) is 23.1 Å². The maximum atomic E-state index is 12.3. The van der Waals surface area contributed by atoms with Gasteiger partial charge in [-0.2, -0.15) is 0 Å². The molecule has 0 radical (unpaired) electrons. The lowest BCUT2D eigenvalue weighted by molar-refractivity contribution is 0.0932. The minimum atomic E-state index is -0.444. The lowest BCUT2D eigenvalue weighted by Crippen LogP contribution is -2.48. The van der Waals surface area contributed by atoms with Crippen molar-refractivity contribution in [2.45, 2.75) is 19.8 Å². The zero-order valence-electron chi connectivity index (χ0n) is 15.8. The average Bonchev–Trinajstić information content (AvgIpc) is 2.72. The van der Waals surface area contributed by atoms with Gasteiger partial charge in [-0.25, -0.2) is 0 Å². The van der Waals surface area contributed by atoms with E-state index in [1.807, 2.05) is 0 Å². The summed E-state index contributed by atoms with van der Waals surface area (Å²) in [5.41, 5.74) is 5.66. The largest absolute Gasteiger partial charge is 0.496 e. The number of rotatable bonds is 7. The summed E-state index contributed by atoms with van der Waals surface area (Å²) < 4.78 is 10.7. The molecular weight excluding hydrogens is 378 g/mol. The van der Waals surface area contributed by atoms with Crippen molar-refractivity contribution in [1.29, 1.82) is 0 Å². The summed E-state index contributed by atoms with van der Waals surface area (Å²) in [6.45, 7) is 2.67. The van der Waals surface area contributed by atoms with Crippen molar-refractivity contribution in [3.8, 4) is 11.5 Å². The fraction of sp³-hybridized carbons (Fsp3) is 0.250. The first kappa shape index (κ1) is 21.2. The Bertz CT molecular complexity index is 842. The van der Waals surface area contributed by atoms with E-state index in [0.29, 0.717) is 29.2 Å². The van der Waals surface area contributed by atoms with Crippen LogP contribution in [-0.4, -0.2) is 30.6 Å². The normalized spacial score (nSPS) is 9.93. The van der Waals surface area contributed by atoms with Gasteiger partial charge < -0.3 is 9.47 Å². The summed E-state index contributed by atoms with van der Waals surface area (Å²) in [5, 5.41) is 2.47. The molecule has 0 aliphatic heterocycles. The number of hydrazine groups is 1. The lowest BCUT2D eigenvalue weighted by atomic mass is 10.2. The van der Waals surface area contributed by atoms with Gasteiger partial charge in [-0.05, 0) is 49.0 Å². The van der Waals surface area contributed by atoms with Gasteiger partial charge in [0.15, 0.2) is 5.11 Å². The van der Waals surface area contributed by atoms with Crippen molar-refractivity contribution in [3.63, 3.8) is 0 Å². The smallest absolute Gasteiger partial charge is 0.273 e. The lowest BCUT2D eigenvalue weighted by Gasteiger charge is -2.13. The highest BCUT2D eigenvalue weighted by molar-refractivity contribution is 7.80. The molecule has 0 spiro atoms. The molecule has 0 saturated carbocycles. The molecule has 0 bridgehead atoms. The molecular formula is C20H23N3O4S. The van der Waals surface area contributed by atoms with Crippen LogP contribution in [0, 0.1) is 0 Å². The maximum absolute atomic E-state index is 12.3. The maximum Gasteiger partial charge on any atom is 0.273 e. The van der Waals surface area contributed by atoms with Crippen LogP contribution >= 0.6 is 12.2 Å². The third-order valence-electron chi connectivity index (χ3n) is 3.73. The monoisotopic (exact) mass is 401 g/mol. The average molecular weight is 401 g/mol. The molecule has 0 aromatic heterocycles. The number of carbonyl (C=O) groups is 2. The van der Waals surface area contributed by atoms with Crippen LogP contribution in [0.2, 0.25) is 0 Å². The Morgan fingerprint density at radius 3 is 2.57 bits per heavy atom. The molecule has 148 valence electrons. The number of nitrogens with one attached hydrogen (secondary N) is 3. The fourth-order valence-corrected chi connectivity index (χ4v) is 2.42. The van der Waals surface area contributed by atoms with E-state index < -0.39 is 11.8 Å². The summed E-state index contributed by atoms with van der Waals surface area (Å²) >= 11 is 5.06. The number of carbonyl (C=O) groups excluding carboxylic acids is 2. The Labute approximate surface area is 169 Å². The number of thiocarbonyl (C=S) groups is 1. The molecule has 8 heteroatoms. The Morgan fingerprint density at radius 2 is 1.82 bits per heavy atom. The van der Waals surface area contributed by atoms with Crippen molar-refractivity contribution in [1.82, 2.24) is 16.2 Å². The number of para-hydroxylation sites is 1. The van der Waals surface area contributed by atoms with Gasteiger partial charge in [-0.3, -0.25) is 25.8 Å². The van der Waals surface area contributed by atoms with Gasteiger partial charge in [-0.1, -0.05) is 31.5 Å². The topological polar surface area (TPSA) is 88.7 Å². The standard InChI is InChI=1S/C20H23N3O4S/c1-3-4-12-27-15-9-7-8-14(13-15)18(24)21-20(28)23-22-19(25)16-10-5-6-11-17(16)26-2/h5-11,13H,3-4,12H2,1-2H3,(H,22,25)(H2,21,23,24,28). The number of ether oxygens (including phenoxy) is 2. The van der Waals surface area contributed by atoms with Crippen LogP contribution in [0.15, 0.2) is 48.5 Å². The van der Waals surface area contributed by atoms with E-state index >= 15 is 0 Å². The first-order valence-electron chi connectivity index (χ1n) is 8.82. The summed E-state index contributed by atoms with van der Waals surface area (Å²) in [5.74, 6) is 0.187. The van der Waals surface area contributed by atoms with Crippen molar-refractivity contribution in [2.75, 3.05) is 13.7 Å². The third-order valence-corrected chi connectivity index (χ3v) is 3.94. The Kier molecular flexibility index (Phi) is 8.23. The molecule has 2 amide bonds. The zero-order chi connectivity index (χ0) is 20.4. The highest BCUT2D eigenvalue weighted by Crippen LogP contribution is 2.16. The molecule has 0 heterocycles. The molecule has 0 atom stereocenters. The van der Waals surface area contributed by atoms with Crippen molar-refractivity contribution in [2.24, 2.45) is 0 Å². The van der Waals surface area contributed by atoms with E-state index in [1.165, 1.54) is 7.11 Å². The summed E-state index contributed by atoms with van der Waals surface area (Å²) in [6.07, 6.45) is 1.97. The number of amides is 2. The van der Waals surface area contributed by atoms with E-state index in [-0.39, 0.29) is 5.11 Å². The first-order chi connectivity index (χ1) is 13.5. The molecule has 2 aromatic rings. The van der Waals surface area contributed by atoms with Gasteiger partial charge in [0.1, 0.15) is 11.5 Å². The molecule has 0 aliphatic carbocycles. The van der Waals surface area contributed by atoms with Crippen molar-refractivity contribution >= 4 is 29.1 Å². The predicted molar refractivity (Wildman–Crippen MR) is 111 cm³/mol. The van der Waals surface area contributed by atoms with Gasteiger partial charge in [0.2, 0.25) is 0 Å². The number of unbranched alkanes of at least 4 members (excludes halogenated alkanes) is 1. The van der Waals surface area contributed by atoms with Gasteiger partial charge in [0.25, 0.3) is 11.8 Å². The van der Waals surface area contributed by atoms with Crippen LogP contribution in [0.25, 0.3) is 0 Å². The molecule has 3 N–H and O–H groups in total. The second-order valence-electron chi connectivity index (χ2n) is 5.79. The van der Waals surface area contributed by atoms with Crippen molar-refractivity contribution in [3.05, 3.63) is 59.7 Å². The molecule has 28 heavy (non-hydrogen) atoms. The van der Waals surface area contributed by atoms with Gasteiger partial charge in [0.05, 0.1) is 19.3 Å². The van der Waals surface area contributed by atoms with Crippen LogP contribution in [-0.2, 0) is 0 Å². The molecule has 0 aliphatic rings. The summed E-state index contributed by atoms with van der Waals surface area (Å²) in [7, 11) is 1.48. The Morgan fingerprint density at radius 1 is 1.04 bits per heavy atom. The molecule has 0 saturated heterocycles. The van der Waals surface area contributed by atoms with Crippen molar-refractivity contribution < 1.29 is 19.1 Å². The molecule has 0 fully saturated rings. The first-order valence-corrected chi connectivity index (χ1v) is 9.23. The highest BCUT2D eigenvalue weighted by atomic mass is 32.1. The second kappa shape index (κ2) is 10.9. The van der Waals surface area contributed by atoms with Gasteiger partial charge >= 0.3 is 0 Å². The predicted octanol–water partition coefficient (Wildman–Crippen LogP) is 2.82. The van der Waals surface area contributed by atoms with Crippen LogP contribution in [0.5, 0.6) is 11.5 Å². The van der Waals surface area contributed by atoms with Gasteiger partial charge in [0, 0.05) is 5.56 Å². The Balaban J connectivity index is 1.88. The fourth-order valence-electron chi connectivity index (χ4n) is 2.28. The summed E-state index contributed by atoms with van der Waals surface area (Å²) in [4.78, 5) is 24.5. The van der Waals surface area contributed by atoms with E-state index in [9.17, 15) is 9.59 Å².